The predicted molar refractivity (Wildman–Crippen MR) is 82.2 cm³/mol. The van der Waals surface area contributed by atoms with Crippen molar-refractivity contribution < 1.29 is 4.39 Å². The molecule has 0 bridgehead atoms. The maximum absolute atomic E-state index is 12.9. The van der Waals surface area contributed by atoms with Gasteiger partial charge in [-0.3, -0.25) is 0 Å². The van der Waals surface area contributed by atoms with E-state index in [1.54, 1.807) is 12.1 Å². The van der Waals surface area contributed by atoms with Gasteiger partial charge in [-0.2, -0.15) is 0 Å². The van der Waals surface area contributed by atoms with E-state index in [4.69, 9.17) is 5.73 Å². The Morgan fingerprint density at radius 1 is 0.950 bits per heavy atom. The van der Waals surface area contributed by atoms with Crippen molar-refractivity contribution >= 4 is 0 Å². The van der Waals surface area contributed by atoms with Crippen LogP contribution in [0.15, 0.2) is 48.5 Å². The summed E-state index contributed by atoms with van der Waals surface area (Å²) in [5, 5.41) is 0. The molecule has 0 aliphatic heterocycles. The van der Waals surface area contributed by atoms with Crippen LogP contribution in [-0.4, -0.2) is 0 Å². The second-order valence-corrected chi connectivity index (χ2v) is 5.89. The molecule has 1 nitrogen and oxygen atoms in total. The fourth-order valence-corrected chi connectivity index (χ4v) is 2.21. The largest absolute Gasteiger partial charge is 0.320 e. The van der Waals surface area contributed by atoms with Gasteiger partial charge in [0, 0.05) is 0 Å². The number of hydrogen-bond acceptors (Lipinski definition) is 1. The molecule has 2 rings (SSSR count). The Kier molecular flexibility index (Phi) is 4.24. The van der Waals surface area contributed by atoms with Gasteiger partial charge >= 0.3 is 0 Å². The van der Waals surface area contributed by atoms with Crippen molar-refractivity contribution in [1.82, 2.24) is 0 Å². The van der Waals surface area contributed by atoms with Crippen LogP contribution >= 0.6 is 0 Å². The maximum atomic E-state index is 12.9. The Labute approximate surface area is 120 Å². The van der Waals surface area contributed by atoms with Crippen molar-refractivity contribution in [3.05, 3.63) is 71.0 Å². The van der Waals surface area contributed by atoms with E-state index < -0.39 is 0 Å². The summed E-state index contributed by atoms with van der Waals surface area (Å²) in [7, 11) is 0. The van der Waals surface area contributed by atoms with E-state index in [0.717, 1.165) is 17.5 Å². The van der Waals surface area contributed by atoms with Crippen LogP contribution in [0, 0.1) is 5.82 Å². The van der Waals surface area contributed by atoms with Crippen molar-refractivity contribution in [2.45, 2.75) is 38.6 Å². The summed E-state index contributed by atoms with van der Waals surface area (Å²) >= 11 is 0. The quantitative estimate of drug-likeness (QED) is 0.866. The molecule has 0 spiro atoms. The van der Waals surface area contributed by atoms with Gasteiger partial charge in [-0.05, 0) is 40.7 Å². The molecule has 0 saturated carbocycles. The van der Waals surface area contributed by atoms with Gasteiger partial charge in [-0.1, -0.05) is 57.2 Å². The summed E-state index contributed by atoms with van der Waals surface area (Å²) in [5.41, 5.74) is 9.70. The Balaban J connectivity index is 2.23. The first-order valence-electron chi connectivity index (χ1n) is 7.05. The number of hydrogen-bond donors (Lipinski definition) is 1. The zero-order valence-corrected chi connectivity index (χ0v) is 12.4. The Morgan fingerprint density at radius 2 is 1.40 bits per heavy atom. The topological polar surface area (TPSA) is 26.0 Å². The molecular weight excluding hydrogens is 249 g/mol. The normalized spacial score (nSPS) is 13.2. The lowest BCUT2D eigenvalue weighted by atomic mass is 9.81. The first-order valence-corrected chi connectivity index (χ1v) is 7.05. The molecule has 2 aromatic rings. The van der Waals surface area contributed by atoms with Crippen molar-refractivity contribution in [3.8, 4) is 0 Å². The van der Waals surface area contributed by atoms with Crippen LogP contribution in [0.2, 0.25) is 0 Å². The molecular formula is C18H22FN. The summed E-state index contributed by atoms with van der Waals surface area (Å²) < 4.78 is 12.9. The SMILES string of the molecule is CCC(C)(C)c1ccc(C(N)c2ccc(F)cc2)cc1. The van der Waals surface area contributed by atoms with E-state index in [1.165, 1.54) is 17.7 Å². The van der Waals surface area contributed by atoms with Gasteiger partial charge in [-0.25, -0.2) is 4.39 Å². The van der Waals surface area contributed by atoms with Gasteiger partial charge in [0.1, 0.15) is 5.82 Å². The highest BCUT2D eigenvalue weighted by atomic mass is 19.1. The Morgan fingerprint density at radius 3 is 1.85 bits per heavy atom. The van der Waals surface area contributed by atoms with Crippen molar-refractivity contribution in [1.29, 1.82) is 0 Å². The van der Waals surface area contributed by atoms with Crippen LogP contribution in [0.25, 0.3) is 0 Å². The van der Waals surface area contributed by atoms with Crippen LogP contribution < -0.4 is 5.73 Å². The summed E-state index contributed by atoms with van der Waals surface area (Å²) in [6.45, 7) is 6.67. The molecule has 106 valence electrons. The molecule has 2 N–H and O–H groups in total. The van der Waals surface area contributed by atoms with Crippen LogP contribution in [-0.2, 0) is 5.41 Å². The minimum absolute atomic E-state index is 0.179. The third-order valence-corrected chi connectivity index (χ3v) is 4.16. The van der Waals surface area contributed by atoms with E-state index >= 15 is 0 Å². The molecule has 0 aliphatic carbocycles. The van der Waals surface area contributed by atoms with Crippen molar-refractivity contribution in [3.63, 3.8) is 0 Å². The maximum Gasteiger partial charge on any atom is 0.123 e. The van der Waals surface area contributed by atoms with Gasteiger partial charge in [0.05, 0.1) is 6.04 Å². The molecule has 0 fully saturated rings. The molecule has 2 aromatic carbocycles. The molecule has 2 heteroatoms. The lowest BCUT2D eigenvalue weighted by Crippen LogP contribution is -2.16. The number of nitrogens with two attached hydrogens (primary N) is 1. The first-order chi connectivity index (χ1) is 9.44. The molecule has 0 radical (unpaired) electrons. The molecule has 0 amide bonds. The van der Waals surface area contributed by atoms with Gasteiger partial charge in [-0.15, -0.1) is 0 Å². The van der Waals surface area contributed by atoms with Crippen LogP contribution in [0.4, 0.5) is 4.39 Å². The third-order valence-electron chi connectivity index (χ3n) is 4.16. The highest BCUT2D eigenvalue weighted by molar-refractivity contribution is 5.35. The molecule has 0 aromatic heterocycles. The molecule has 0 saturated heterocycles. The fraction of sp³-hybridized carbons (Fsp3) is 0.333. The number of benzene rings is 2. The number of halogens is 1. The monoisotopic (exact) mass is 271 g/mol. The summed E-state index contributed by atoms with van der Waals surface area (Å²) in [6.07, 6.45) is 1.09. The minimum atomic E-state index is -0.235. The highest BCUT2D eigenvalue weighted by Crippen LogP contribution is 2.28. The molecule has 20 heavy (non-hydrogen) atoms. The standard InChI is InChI=1S/C18H22FN/c1-4-18(2,3)15-9-5-13(6-10-15)17(20)14-7-11-16(19)12-8-14/h5-12,17H,4,20H2,1-3H3. The summed E-state index contributed by atoms with van der Waals surface area (Å²) in [4.78, 5) is 0. The van der Waals surface area contributed by atoms with Crippen LogP contribution in [0.5, 0.6) is 0 Å². The zero-order chi connectivity index (χ0) is 14.8. The fourth-order valence-electron chi connectivity index (χ4n) is 2.21. The van der Waals surface area contributed by atoms with E-state index in [2.05, 4.69) is 45.0 Å². The molecule has 0 heterocycles. The second kappa shape index (κ2) is 5.76. The van der Waals surface area contributed by atoms with Crippen LogP contribution in [0.1, 0.15) is 49.9 Å². The molecule has 1 unspecified atom stereocenters. The molecule has 0 aliphatic rings. The lowest BCUT2D eigenvalue weighted by Gasteiger charge is -2.24. The van der Waals surface area contributed by atoms with Gasteiger partial charge in [0.15, 0.2) is 0 Å². The Hall–Kier alpha value is -1.67. The smallest absolute Gasteiger partial charge is 0.123 e. The van der Waals surface area contributed by atoms with Crippen LogP contribution in [0.3, 0.4) is 0 Å². The number of rotatable bonds is 4. The third kappa shape index (κ3) is 3.07. The Bertz CT molecular complexity index is 555. The van der Waals surface area contributed by atoms with E-state index in [9.17, 15) is 4.39 Å². The van der Waals surface area contributed by atoms with E-state index in [-0.39, 0.29) is 17.3 Å². The summed E-state index contributed by atoms with van der Waals surface area (Å²) in [5.74, 6) is -0.235. The van der Waals surface area contributed by atoms with Crippen molar-refractivity contribution in [2.75, 3.05) is 0 Å². The van der Waals surface area contributed by atoms with Gasteiger partial charge in [0.25, 0.3) is 0 Å². The predicted octanol–water partition coefficient (Wildman–Crippen LogP) is 4.56. The van der Waals surface area contributed by atoms with Crippen molar-refractivity contribution in [2.24, 2.45) is 5.73 Å². The van der Waals surface area contributed by atoms with Gasteiger partial charge < -0.3 is 5.73 Å². The van der Waals surface area contributed by atoms with E-state index in [0.29, 0.717) is 0 Å². The average molecular weight is 271 g/mol. The minimum Gasteiger partial charge on any atom is -0.320 e. The van der Waals surface area contributed by atoms with Gasteiger partial charge in [0.2, 0.25) is 0 Å². The lowest BCUT2D eigenvalue weighted by molar-refractivity contribution is 0.506. The molecule has 1 atom stereocenters. The zero-order valence-electron chi connectivity index (χ0n) is 12.4. The highest BCUT2D eigenvalue weighted by Gasteiger charge is 2.18. The second-order valence-electron chi connectivity index (χ2n) is 5.89. The first kappa shape index (κ1) is 14.7. The average Bonchev–Trinajstić information content (AvgIpc) is 2.47. The summed E-state index contributed by atoms with van der Waals surface area (Å²) in [6, 6.07) is 14.6. The van der Waals surface area contributed by atoms with E-state index in [1.807, 2.05) is 0 Å².